The van der Waals surface area contributed by atoms with Crippen molar-refractivity contribution in [2.45, 2.75) is 40.0 Å². The van der Waals surface area contributed by atoms with Gasteiger partial charge in [0.1, 0.15) is 23.9 Å². The third kappa shape index (κ3) is 7.98. The fraction of sp³-hybridized carbons (Fsp3) is 0.393. The molecule has 0 spiro atoms. The van der Waals surface area contributed by atoms with Gasteiger partial charge in [-0.25, -0.2) is 4.68 Å². The van der Waals surface area contributed by atoms with Crippen LogP contribution >= 0.6 is 11.6 Å². The highest BCUT2D eigenvalue weighted by molar-refractivity contribution is 6.30. The largest absolute Gasteiger partial charge is 0.497 e. The van der Waals surface area contributed by atoms with Crippen molar-refractivity contribution in [2.24, 2.45) is 5.92 Å². The summed E-state index contributed by atoms with van der Waals surface area (Å²) in [6.07, 6.45) is 0. The molecule has 198 valence electrons. The molecule has 0 aliphatic heterocycles. The summed E-state index contributed by atoms with van der Waals surface area (Å²) in [5.41, 5.74) is 1.37. The zero-order valence-corrected chi connectivity index (χ0v) is 23.0. The minimum atomic E-state index is -0.324. The van der Waals surface area contributed by atoms with Gasteiger partial charge in [0, 0.05) is 23.0 Å². The van der Waals surface area contributed by atoms with Crippen LogP contribution in [0.2, 0.25) is 5.02 Å². The van der Waals surface area contributed by atoms with Gasteiger partial charge in [-0.1, -0.05) is 46.2 Å². The highest BCUT2D eigenvalue weighted by Crippen LogP contribution is 2.27. The number of carbonyl (C=O) groups excluding carboxylic acids is 2. The Balaban J connectivity index is 1.76. The molecule has 3 aromatic rings. The Morgan fingerprint density at radius 1 is 1.05 bits per heavy atom. The number of ether oxygens (including phenoxy) is 2. The predicted molar refractivity (Wildman–Crippen MR) is 146 cm³/mol. The number of hydrogen-bond donors (Lipinski definition) is 1. The molecule has 0 unspecified atom stereocenters. The van der Waals surface area contributed by atoms with Crippen LogP contribution in [0.1, 0.15) is 40.3 Å². The van der Waals surface area contributed by atoms with E-state index in [0.717, 1.165) is 17.1 Å². The lowest BCUT2D eigenvalue weighted by atomic mass is 9.92. The maximum atomic E-state index is 13.1. The van der Waals surface area contributed by atoms with E-state index in [1.807, 2.05) is 44.2 Å². The SMILES string of the molecule is COc1ccc(-n2nc(C(C)(C)C)cc2NC(=O)CN(CC(C)C)C(=O)COc2ccc(Cl)cc2)cc1. The second-order valence-corrected chi connectivity index (χ2v) is 10.7. The van der Waals surface area contributed by atoms with Gasteiger partial charge in [-0.15, -0.1) is 0 Å². The molecule has 1 aromatic heterocycles. The number of halogens is 1. The second-order valence-electron chi connectivity index (χ2n) is 10.2. The maximum Gasteiger partial charge on any atom is 0.260 e. The first-order chi connectivity index (χ1) is 17.5. The Kier molecular flexibility index (Phi) is 9.21. The molecule has 9 heteroatoms. The van der Waals surface area contributed by atoms with Gasteiger partial charge >= 0.3 is 0 Å². The van der Waals surface area contributed by atoms with Crippen LogP contribution < -0.4 is 14.8 Å². The van der Waals surface area contributed by atoms with Crippen LogP contribution in [0.5, 0.6) is 11.5 Å². The predicted octanol–water partition coefficient (Wildman–Crippen LogP) is 5.33. The second kappa shape index (κ2) is 12.1. The minimum Gasteiger partial charge on any atom is -0.497 e. The van der Waals surface area contributed by atoms with Crippen LogP contribution in [0.15, 0.2) is 54.6 Å². The summed E-state index contributed by atoms with van der Waals surface area (Å²) in [5, 5.41) is 8.28. The molecular weight excluding hydrogens is 492 g/mol. The summed E-state index contributed by atoms with van der Waals surface area (Å²) in [6.45, 7) is 10.3. The quantitative estimate of drug-likeness (QED) is 0.385. The monoisotopic (exact) mass is 526 g/mol. The van der Waals surface area contributed by atoms with Crippen LogP contribution in [-0.4, -0.2) is 53.3 Å². The average molecular weight is 527 g/mol. The number of methoxy groups -OCH3 is 1. The van der Waals surface area contributed by atoms with Crippen LogP contribution in [-0.2, 0) is 15.0 Å². The van der Waals surface area contributed by atoms with E-state index in [0.29, 0.717) is 23.1 Å². The normalized spacial score (nSPS) is 11.4. The highest BCUT2D eigenvalue weighted by atomic mass is 35.5. The van der Waals surface area contributed by atoms with Gasteiger partial charge in [-0.3, -0.25) is 9.59 Å². The van der Waals surface area contributed by atoms with Crippen molar-refractivity contribution in [3.05, 3.63) is 65.3 Å². The van der Waals surface area contributed by atoms with Crippen molar-refractivity contribution < 1.29 is 19.1 Å². The van der Waals surface area contributed by atoms with Gasteiger partial charge < -0.3 is 19.7 Å². The van der Waals surface area contributed by atoms with Crippen molar-refractivity contribution in [1.29, 1.82) is 0 Å². The Morgan fingerprint density at radius 2 is 1.68 bits per heavy atom. The molecule has 1 N–H and O–H groups in total. The van der Waals surface area contributed by atoms with Gasteiger partial charge in [0.05, 0.1) is 18.5 Å². The standard InChI is InChI=1S/C28H35ClN4O4/c1-19(2)16-32(27(35)18-37-23-11-7-20(29)8-12-23)17-26(34)30-25-15-24(28(3,4)5)31-33(25)21-9-13-22(36-6)14-10-21/h7-15,19H,16-18H2,1-6H3,(H,30,34). The zero-order valence-electron chi connectivity index (χ0n) is 22.2. The molecule has 1 heterocycles. The first-order valence-electron chi connectivity index (χ1n) is 12.2. The van der Waals surface area contributed by atoms with Crippen molar-refractivity contribution in [1.82, 2.24) is 14.7 Å². The summed E-state index contributed by atoms with van der Waals surface area (Å²) in [7, 11) is 1.61. The van der Waals surface area contributed by atoms with E-state index in [1.165, 1.54) is 4.90 Å². The zero-order chi connectivity index (χ0) is 27.2. The Bertz CT molecular complexity index is 1200. The topological polar surface area (TPSA) is 85.7 Å². The van der Waals surface area contributed by atoms with Crippen molar-refractivity contribution >= 4 is 29.2 Å². The molecule has 0 aliphatic carbocycles. The lowest BCUT2D eigenvalue weighted by Gasteiger charge is -2.24. The van der Waals surface area contributed by atoms with Crippen LogP contribution in [0.4, 0.5) is 5.82 Å². The molecule has 8 nitrogen and oxygen atoms in total. The molecule has 0 saturated heterocycles. The first-order valence-corrected chi connectivity index (χ1v) is 12.5. The molecular formula is C28H35ClN4O4. The van der Waals surface area contributed by atoms with Crippen molar-refractivity contribution in [3.8, 4) is 17.2 Å². The van der Waals surface area contributed by atoms with E-state index in [-0.39, 0.29) is 36.3 Å². The Hall–Kier alpha value is -3.52. The van der Waals surface area contributed by atoms with E-state index in [1.54, 1.807) is 36.1 Å². The molecule has 2 aromatic carbocycles. The van der Waals surface area contributed by atoms with Crippen LogP contribution in [0.3, 0.4) is 0 Å². The summed E-state index contributed by atoms with van der Waals surface area (Å²) in [6, 6.07) is 16.1. The number of nitrogens with one attached hydrogen (secondary N) is 1. The number of nitrogens with zero attached hydrogens (tertiary/aromatic N) is 3. The number of amides is 2. The maximum absolute atomic E-state index is 13.1. The third-order valence-electron chi connectivity index (χ3n) is 5.51. The summed E-state index contributed by atoms with van der Waals surface area (Å²) in [5.74, 6) is 1.35. The minimum absolute atomic E-state index is 0.111. The lowest BCUT2D eigenvalue weighted by molar-refractivity contribution is -0.137. The summed E-state index contributed by atoms with van der Waals surface area (Å²) in [4.78, 5) is 27.6. The third-order valence-corrected chi connectivity index (χ3v) is 5.76. The van der Waals surface area contributed by atoms with E-state index in [9.17, 15) is 9.59 Å². The number of carbonyl (C=O) groups is 2. The fourth-order valence-corrected chi connectivity index (χ4v) is 3.70. The number of anilines is 1. The summed E-state index contributed by atoms with van der Waals surface area (Å²) >= 11 is 5.91. The molecule has 2 amide bonds. The van der Waals surface area contributed by atoms with Crippen molar-refractivity contribution in [2.75, 3.05) is 32.1 Å². The molecule has 0 bridgehead atoms. The smallest absolute Gasteiger partial charge is 0.260 e. The van der Waals surface area contributed by atoms with Gasteiger partial charge in [-0.05, 0) is 54.4 Å². The Labute approximate surface area is 223 Å². The van der Waals surface area contributed by atoms with Crippen molar-refractivity contribution in [3.63, 3.8) is 0 Å². The highest BCUT2D eigenvalue weighted by Gasteiger charge is 2.24. The van der Waals surface area contributed by atoms with E-state index < -0.39 is 0 Å². The molecule has 0 aliphatic rings. The molecule has 0 saturated carbocycles. The molecule has 0 atom stereocenters. The summed E-state index contributed by atoms with van der Waals surface area (Å²) < 4.78 is 12.6. The molecule has 0 radical (unpaired) electrons. The van der Waals surface area contributed by atoms with Crippen LogP contribution in [0, 0.1) is 5.92 Å². The number of benzene rings is 2. The first kappa shape index (κ1) is 28.1. The van der Waals surface area contributed by atoms with E-state index >= 15 is 0 Å². The van der Waals surface area contributed by atoms with Gasteiger partial charge in [-0.2, -0.15) is 5.10 Å². The fourth-order valence-electron chi connectivity index (χ4n) is 3.58. The molecule has 0 fully saturated rings. The van der Waals surface area contributed by atoms with Crippen LogP contribution in [0.25, 0.3) is 5.69 Å². The molecule has 37 heavy (non-hydrogen) atoms. The van der Waals surface area contributed by atoms with Gasteiger partial charge in [0.2, 0.25) is 5.91 Å². The number of rotatable bonds is 10. The molecule has 3 rings (SSSR count). The Morgan fingerprint density at radius 3 is 2.24 bits per heavy atom. The van der Waals surface area contributed by atoms with Gasteiger partial charge in [0.25, 0.3) is 5.91 Å². The average Bonchev–Trinajstić information content (AvgIpc) is 3.27. The van der Waals surface area contributed by atoms with E-state index in [2.05, 4.69) is 26.1 Å². The number of aromatic nitrogens is 2. The van der Waals surface area contributed by atoms with E-state index in [4.69, 9.17) is 26.2 Å². The van der Waals surface area contributed by atoms with Gasteiger partial charge in [0.15, 0.2) is 6.61 Å². The lowest BCUT2D eigenvalue weighted by Crippen LogP contribution is -2.42. The number of hydrogen-bond acceptors (Lipinski definition) is 5.